The van der Waals surface area contributed by atoms with E-state index < -0.39 is 6.10 Å². The third kappa shape index (κ3) is 4.06. The summed E-state index contributed by atoms with van der Waals surface area (Å²) in [5.41, 5.74) is 2.00. The summed E-state index contributed by atoms with van der Waals surface area (Å²) in [6, 6.07) is 5.86. The molecule has 1 aromatic carbocycles. The van der Waals surface area contributed by atoms with Crippen molar-refractivity contribution in [3.8, 4) is 5.75 Å². The molecule has 1 rings (SSSR count). The first-order chi connectivity index (χ1) is 8.20. The van der Waals surface area contributed by atoms with Crippen LogP contribution in [0.5, 0.6) is 5.75 Å². The number of carbonyl (C=O) groups is 1. The lowest BCUT2D eigenvalue weighted by Gasteiger charge is -2.24. The zero-order valence-corrected chi connectivity index (χ0v) is 12.1. The summed E-state index contributed by atoms with van der Waals surface area (Å²) in [6.07, 6.45) is -0.496. The van der Waals surface area contributed by atoms with Crippen LogP contribution in [0.2, 0.25) is 0 Å². The normalized spacial score (nSPS) is 13.0. The average Bonchev–Trinajstić information content (AvgIpc) is 2.22. The Morgan fingerprint density at radius 1 is 1.28 bits per heavy atom. The van der Waals surface area contributed by atoms with E-state index in [4.69, 9.17) is 4.74 Å². The first kappa shape index (κ1) is 14.6. The standard InChI is InChI=1S/C15H23NO2/c1-10-8-7-9-13(11(10)2)18-12(3)14(17)16-15(4,5)6/h7-9,12H,1-6H3,(H,16,17). The zero-order chi connectivity index (χ0) is 13.9. The minimum Gasteiger partial charge on any atom is -0.481 e. The van der Waals surface area contributed by atoms with Gasteiger partial charge in [-0.05, 0) is 58.7 Å². The number of aryl methyl sites for hydroxylation is 1. The molecule has 0 heterocycles. The van der Waals surface area contributed by atoms with Crippen molar-refractivity contribution in [2.75, 3.05) is 0 Å². The molecule has 0 aliphatic heterocycles. The third-order valence-electron chi connectivity index (χ3n) is 2.73. The molecule has 0 aromatic heterocycles. The van der Waals surface area contributed by atoms with Crippen LogP contribution in [0.3, 0.4) is 0 Å². The van der Waals surface area contributed by atoms with E-state index in [1.54, 1.807) is 6.92 Å². The molecule has 0 bridgehead atoms. The van der Waals surface area contributed by atoms with Crippen molar-refractivity contribution in [3.63, 3.8) is 0 Å². The van der Waals surface area contributed by atoms with Gasteiger partial charge in [-0.15, -0.1) is 0 Å². The SMILES string of the molecule is Cc1cccc(OC(C)C(=O)NC(C)(C)C)c1C. The Morgan fingerprint density at radius 3 is 2.44 bits per heavy atom. The van der Waals surface area contributed by atoms with Crippen LogP contribution in [0.1, 0.15) is 38.8 Å². The molecule has 1 atom stereocenters. The second kappa shape index (κ2) is 5.42. The highest BCUT2D eigenvalue weighted by Crippen LogP contribution is 2.21. The molecule has 1 N–H and O–H groups in total. The molecule has 100 valence electrons. The van der Waals surface area contributed by atoms with E-state index in [1.807, 2.05) is 52.8 Å². The van der Waals surface area contributed by atoms with Gasteiger partial charge in [0.1, 0.15) is 5.75 Å². The highest BCUT2D eigenvalue weighted by Gasteiger charge is 2.21. The Kier molecular flexibility index (Phi) is 4.38. The van der Waals surface area contributed by atoms with Crippen LogP contribution < -0.4 is 10.1 Å². The van der Waals surface area contributed by atoms with Gasteiger partial charge in [0.05, 0.1) is 0 Å². The maximum atomic E-state index is 11.9. The van der Waals surface area contributed by atoms with Gasteiger partial charge in [0.2, 0.25) is 0 Å². The molecule has 1 aromatic rings. The van der Waals surface area contributed by atoms with Crippen molar-refractivity contribution in [2.24, 2.45) is 0 Å². The molecule has 1 amide bonds. The molecule has 0 aliphatic rings. The van der Waals surface area contributed by atoms with Gasteiger partial charge in [0, 0.05) is 5.54 Å². The first-order valence-electron chi connectivity index (χ1n) is 6.25. The molecular formula is C15H23NO2. The molecule has 3 nitrogen and oxygen atoms in total. The van der Waals surface area contributed by atoms with Crippen molar-refractivity contribution < 1.29 is 9.53 Å². The maximum Gasteiger partial charge on any atom is 0.261 e. The summed E-state index contributed by atoms with van der Waals surface area (Å²) in [4.78, 5) is 11.9. The molecule has 0 radical (unpaired) electrons. The van der Waals surface area contributed by atoms with E-state index in [-0.39, 0.29) is 11.4 Å². The van der Waals surface area contributed by atoms with E-state index in [0.29, 0.717) is 0 Å². The van der Waals surface area contributed by atoms with Crippen LogP contribution in [-0.4, -0.2) is 17.6 Å². The Hall–Kier alpha value is -1.51. The second-order valence-corrected chi connectivity index (χ2v) is 5.70. The minimum absolute atomic E-state index is 0.0941. The molecule has 3 heteroatoms. The Bertz CT molecular complexity index is 433. The van der Waals surface area contributed by atoms with Crippen LogP contribution in [-0.2, 0) is 4.79 Å². The van der Waals surface area contributed by atoms with Crippen LogP contribution in [0.4, 0.5) is 0 Å². The summed E-state index contributed by atoms with van der Waals surface area (Å²) < 4.78 is 5.72. The number of rotatable bonds is 3. The Labute approximate surface area is 110 Å². The van der Waals surface area contributed by atoms with Crippen molar-refractivity contribution in [1.29, 1.82) is 0 Å². The number of benzene rings is 1. The van der Waals surface area contributed by atoms with Crippen molar-refractivity contribution >= 4 is 5.91 Å². The van der Waals surface area contributed by atoms with Gasteiger partial charge in [-0.1, -0.05) is 12.1 Å². The predicted octanol–water partition coefficient (Wildman–Crippen LogP) is 2.99. The van der Waals surface area contributed by atoms with Gasteiger partial charge in [-0.3, -0.25) is 4.79 Å². The Balaban J connectivity index is 2.73. The number of hydrogen-bond acceptors (Lipinski definition) is 2. The predicted molar refractivity (Wildman–Crippen MR) is 73.9 cm³/mol. The second-order valence-electron chi connectivity index (χ2n) is 5.70. The van der Waals surface area contributed by atoms with Crippen molar-refractivity contribution in [2.45, 2.75) is 53.2 Å². The smallest absolute Gasteiger partial charge is 0.261 e. The summed E-state index contributed by atoms with van der Waals surface area (Å²) in [7, 11) is 0. The minimum atomic E-state index is -0.496. The Morgan fingerprint density at radius 2 is 1.89 bits per heavy atom. The topological polar surface area (TPSA) is 38.3 Å². The molecule has 0 aliphatic carbocycles. The van der Waals surface area contributed by atoms with Gasteiger partial charge in [0.15, 0.2) is 6.10 Å². The van der Waals surface area contributed by atoms with Gasteiger partial charge < -0.3 is 10.1 Å². The fourth-order valence-electron chi connectivity index (χ4n) is 1.57. The van der Waals surface area contributed by atoms with Gasteiger partial charge in [-0.25, -0.2) is 0 Å². The largest absolute Gasteiger partial charge is 0.481 e. The van der Waals surface area contributed by atoms with E-state index >= 15 is 0 Å². The van der Waals surface area contributed by atoms with E-state index in [9.17, 15) is 4.79 Å². The molecule has 0 spiro atoms. The summed E-state index contributed by atoms with van der Waals surface area (Å²) in [5.74, 6) is 0.676. The summed E-state index contributed by atoms with van der Waals surface area (Å²) in [5, 5.41) is 2.91. The van der Waals surface area contributed by atoms with Crippen LogP contribution >= 0.6 is 0 Å². The number of hydrogen-bond donors (Lipinski definition) is 1. The molecule has 1 unspecified atom stereocenters. The van der Waals surface area contributed by atoms with Crippen LogP contribution in [0, 0.1) is 13.8 Å². The summed E-state index contributed by atoms with van der Waals surface area (Å²) in [6.45, 7) is 11.7. The van der Waals surface area contributed by atoms with E-state index in [0.717, 1.165) is 16.9 Å². The summed E-state index contributed by atoms with van der Waals surface area (Å²) >= 11 is 0. The van der Waals surface area contributed by atoms with Gasteiger partial charge in [0.25, 0.3) is 5.91 Å². The monoisotopic (exact) mass is 249 g/mol. The molecule has 18 heavy (non-hydrogen) atoms. The lowest BCUT2D eigenvalue weighted by Crippen LogP contribution is -2.46. The van der Waals surface area contributed by atoms with E-state index in [2.05, 4.69) is 5.32 Å². The average molecular weight is 249 g/mol. The van der Waals surface area contributed by atoms with Crippen molar-refractivity contribution in [3.05, 3.63) is 29.3 Å². The lowest BCUT2D eigenvalue weighted by atomic mass is 10.1. The van der Waals surface area contributed by atoms with E-state index in [1.165, 1.54) is 0 Å². The number of amides is 1. The highest BCUT2D eigenvalue weighted by molar-refractivity contribution is 5.81. The fourth-order valence-corrected chi connectivity index (χ4v) is 1.57. The molecule has 0 saturated heterocycles. The third-order valence-corrected chi connectivity index (χ3v) is 2.73. The lowest BCUT2D eigenvalue weighted by molar-refractivity contribution is -0.128. The highest BCUT2D eigenvalue weighted by atomic mass is 16.5. The molecule has 0 fully saturated rings. The quantitative estimate of drug-likeness (QED) is 0.894. The first-order valence-corrected chi connectivity index (χ1v) is 6.25. The zero-order valence-electron chi connectivity index (χ0n) is 12.1. The van der Waals surface area contributed by atoms with Crippen LogP contribution in [0.15, 0.2) is 18.2 Å². The van der Waals surface area contributed by atoms with Crippen LogP contribution in [0.25, 0.3) is 0 Å². The number of carbonyl (C=O) groups excluding carboxylic acids is 1. The van der Waals surface area contributed by atoms with Gasteiger partial charge >= 0.3 is 0 Å². The molecular weight excluding hydrogens is 226 g/mol. The number of ether oxygens (including phenoxy) is 1. The maximum absolute atomic E-state index is 11.9. The fraction of sp³-hybridized carbons (Fsp3) is 0.533. The van der Waals surface area contributed by atoms with Gasteiger partial charge in [-0.2, -0.15) is 0 Å². The molecule has 0 saturated carbocycles. The number of nitrogens with one attached hydrogen (secondary N) is 1. The van der Waals surface area contributed by atoms with Crippen molar-refractivity contribution in [1.82, 2.24) is 5.32 Å².